The Morgan fingerprint density at radius 1 is 0.824 bits per heavy atom. The van der Waals surface area contributed by atoms with Crippen molar-refractivity contribution in [3.8, 4) is 0 Å². The van der Waals surface area contributed by atoms with E-state index >= 15 is 0 Å². The first-order valence-corrected chi connectivity index (χ1v) is 4.53. The van der Waals surface area contributed by atoms with Crippen LogP contribution in [0.4, 0.5) is 0 Å². The van der Waals surface area contributed by atoms with Crippen molar-refractivity contribution in [3.63, 3.8) is 0 Å². The van der Waals surface area contributed by atoms with E-state index in [1.54, 1.807) is 0 Å². The molecule has 0 unspecified atom stereocenters. The van der Waals surface area contributed by atoms with Crippen LogP contribution in [-0.2, 0) is 9.59 Å². The van der Waals surface area contributed by atoms with Gasteiger partial charge in [0.25, 0.3) is 0 Å². The van der Waals surface area contributed by atoms with Crippen molar-refractivity contribution < 1.29 is 9.59 Å². The molecule has 0 spiro atoms. The average molecular weight is 236 g/mol. The van der Waals surface area contributed by atoms with Gasteiger partial charge >= 0.3 is 0 Å². The van der Waals surface area contributed by atoms with Crippen LogP contribution in [0, 0.1) is 0 Å². The van der Waals surface area contributed by atoms with Crippen LogP contribution in [0.15, 0.2) is 25.3 Å². The van der Waals surface area contributed by atoms with Crippen molar-refractivity contribution in [2.45, 2.75) is 6.42 Å². The van der Waals surface area contributed by atoms with E-state index in [1.807, 2.05) is 0 Å². The fourth-order valence-corrected chi connectivity index (χ4v) is 1.03. The minimum atomic E-state index is -0.490. The Labute approximate surface area is 94.6 Å². The smallest absolute Gasteiger partial charge is 0.248 e. The van der Waals surface area contributed by atoms with Crippen LogP contribution in [-0.4, -0.2) is 41.6 Å². The summed E-state index contributed by atoms with van der Waals surface area (Å²) in [6.07, 6.45) is 4.87. The third-order valence-electron chi connectivity index (χ3n) is 1.67. The molecule has 0 aliphatic carbocycles. The van der Waals surface area contributed by atoms with Gasteiger partial charge in [-0.3, -0.25) is 20.4 Å². The molecule has 0 aromatic carbocycles. The second-order valence-electron chi connectivity index (χ2n) is 2.99. The van der Waals surface area contributed by atoms with Crippen LogP contribution in [0.1, 0.15) is 6.42 Å². The van der Waals surface area contributed by atoms with E-state index in [2.05, 4.69) is 31.2 Å². The van der Waals surface area contributed by atoms with Gasteiger partial charge in [-0.2, -0.15) is 0 Å². The molecule has 0 bridgehead atoms. The summed E-state index contributed by atoms with van der Waals surface area (Å²) in [6, 6.07) is 0. The molecule has 2 N–H and O–H groups in total. The lowest BCUT2D eigenvalue weighted by molar-refractivity contribution is -0.124. The summed E-state index contributed by atoms with van der Waals surface area (Å²) in [5.41, 5.74) is 4.77. The first-order valence-electron chi connectivity index (χ1n) is 4.53. The molecule has 10 heteroatoms. The van der Waals surface area contributed by atoms with Gasteiger partial charge in [-0.25, -0.2) is 9.35 Å². The van der Waals surface area contributed by atoms with Crippen LogP contribution >= 0.6 is 0 Å². The summed E-state index contributed by atoms with van der Waals surface area (Å²) in [5, 5.41) is 14.0. The predicted octanol–water partition coefficient (Wildman–Crippen LogP) is -1.90. The Balaban J connectivity index is 1.80. The van der Waals surface area contributed by atoms with E-state index < -0.39 is 11.8 Å². The molecule has 0 aliphatic heterocycles. The number of nitrogens with one attached hydrogen (secondary N) is 2. The van der Waals surface area contributed by atoms with Gasteiger partial charge in [-0.05, 0) is 0 Å². The number of nitrogens with zero attached hydrogens (tertiary/aromatic N) is 6. The van der Waals surface area contributed by atoms with Gasteiger partial charge in [0, 0.05) is 0 Å². The zero-order valence-electron chi connectivity index (χ0n) is 8.52. The second kappa shape index (κ2) is 4.83. The fourth-order valence-electron chi connectivity index (χ4n) is 1.03. The maximum Gasteiger partial charge on any atom is 0.248 e. The molecule has 0 atom stereocenters. The first-order chi connectivity index (χ1) is 8.24. The third kappa shape index (κ3) is 3.09. The molecule has 17 heavy (non-hydrogen) atoms. The van der Waals surface area contributed by atoms with E-state index in [0.717, 1.165) is 0 Å². The van der Waals surface area contributed by atoms with Gasteiger partial charge in [0.2, 0.25) is 11.8 Å². The monoisotopic (exact) mass is 236 g/mol. The molecular weight excluding hydrogens is 228 g/mol. The number of hydrogen-bond donors (Lipinski definition) is 2. The van der Waals surface area contributed by atoms with E-state index in [4.69, 9.17) is 0 Å². The van der Waals surface area contributed by atoms with E-state index in [-0.39, 0.29) is 6.42 Å². The van der Waals surface area contributed by atoms with E-state index in [9.17, 15) is 9.59 Å². The molecule has 2 aromatic rings. The molecule has 0 fully saturated rings. The van der Waals surface area contributed by atoms with Crippen LogP contribution < -0.4 is 10.9 Å². The van der Waals surface area contributed by atoms with Gasteiger partial charge in [0.05, 0.1) is 0 Å². The minimum Gasteiger partial charge on any atom is -0.273 e. The van der Waals surface area contributed by atoms with Gasteiger partial charge in [-0.1, -0.05) is 0 Å². The second-order valence-corrected chi connectivity index (χ2v) is 2.99. The lowest BCUT2D eigenvalue weighted by Gasteiger charge is -2.05. The summed E-state index contributed by atoms with van der Waals surface area (Å²) >= 11 is 0. The van der Waals surface area contributed by atoms with Crippen molar-refractivity contribution in [1.29, 1.82) is 0 Å². The lowest BCUT2D eigenvalue weighted by Crippen LogP contribution is -2.29. The van der Waals surface area contributed by atoms with Crippen molar-refractivity contribution in [2.24, 2.45) is 0 Å². The number of carbonyl (C=O) groups is 2. The Bertz CT molecular complexity index is 444. The maximum absolute atomic E-state index is 11.4. The number of amides is 2. The zero-order chi connectivity index (χ0) is 12.1. The van der Waals surface area contributed by atoms with Crippen LogP contribution in [0.25, 0.3) is 0 Å². The SMILES string of the molecule is O=C(CC(=O)Nn1cnnc1)Nn1cnnc1. The molecular formula is C7H8N8O2. The van der Waals surface area contributed by atoms with Crippen molar-refractivity contribution in [1.82, 2.24) is 29.7 Å². The Morgan fingerprint density at radius 2 is 1.18 bits per heavy atom. The van der Waals surface area contributed by atoms with Gasteiger partial charge in [-0.15, -0.1) is 20.4 Å². The standard InChI is InChI=1S/C7H8N8O2/c16-6(12-14-2-8-9-3-14)1-7(17)13-15-4-10-11-5-15/h2-5H,1H2,(H,12,16)(H,13,17). The summed E-state index contributed by atoms with van der Waals surface area (Å²) in [5.74, 6) is -0.981. The minimum absolute atomic E-state index is 0.337. The Morgan fingerprint density at radius 3 is 1.53 bits per heavy atom. The zero-order valence-corrected chi connectivity index (χ0v) is 8.52. The number of aromatic nitrogens is 6. The summed E-state index contributed by atoms with van der Waals surface area (Å²) in [7, 11) is 0. The maximum atomic E-state index is 11.4. The fraction of sp³-hybridized carbons (Fsp3) is 0.143. The molecule has 2 aromatic heterocycles. The first kappa shape index (κ1) is 10.7. The Kier molecular flexibility index (Phi) is 3.05. The van der Waals surface area contributed by atoms with Gasteiger partial charge in [0.1, 0.15) is 31.7 Å². The average Bonchev–Trinajstić information content (AvgIpc) is 2.90. The molecule has 0 saturated heterocycles. The van der Waals surface area contributed by atoms with Crippen molar-refractivity contribution >= 4 is 11.8 Å². The molecule has 2 amide bonds. The Hall–Kier alpha value is -2.78. The highest BCUT2D eigenvalue weighted by molar-refractivity contribution is 6.03. The highest BCUT2D eigenvalue weighted by atomic mass is 16.2. The molecule has 88 valence electrons. The highest BCUT2D eigenvalue weighted by Crippen LogP contribution is 1.86. The van der Waals surface area contributed by atoms with E-state index in [0.29, 0.717) is 0 Å². The quantitative estimate of drug-likeness (QED) is 0.598. The molecule has 10 nitrogen and oxygen atoms in total. The predicted molar refractivity (Wildman–Crippen MR) is 53.4 cm³/mol. The van der Waals surface area contributed by atoms with Gasteiger partial charge in [0.15, 0.2) is 0 Å². The third-order valence-corrected chi connectivity index (χ3v) is 1.67. The number of carbonyl (C=O) groups excluding carboxylic acids is 2. The van der Waals surface area contributed by atoms with Crippen molar-refractivity contribution in [2.75, 3.05) is 10.9 Å². The van der Waals surface area contributed by atoms with Crippen molar-refractivity contribution in [3.05, 3.63) is 25.3 Å². The molecule has 2 rings (SSSR count). The normalized spacial score (nSPS) is 9.88. The molecule has 0 radical (unpaired) electrons. The molecule has 0 aliphatic rings. The van der Waals surface area contributed by atoms with E-state index in [1.165, 1.54) is 34.7 Å². The van der Waals surface area contributed by atoms with Gasteiger partial charge < -0.3 is 0 Å². The summed E-state index contributed by atoms with van der Waals surface area (Å²) in [4.78, 5) is 22.7. The van der Waals surface area contributed by atoms with Crippen LogP contribution in [0.2, 0.25) is 0 Å². The lowest BCUT2D eigenvalue weighted by atomic mass is 10.4. The highest BCUT2D eigenvalue weighted by Gasteiger charge is 2.09. The summed E-state index contributed by atoms with van der Waals surface area (Å²) in [6.45, 7) is 0. The topological polar surface area (TPSA) is 120 Å². The number of hydrogen-bond acceptors (Lipinski definition) is 6. The van der Waals surface area contributed by atoms with Crippen LogP contribution in [0.5, 0.6) is 0 Å². The molecule has 2 heterocycles. The largest absolute Gasteiger partial charge is 0.273 e. The van der Waals surface area contributed by atoms with Crippen LogP contribution in [0.3, 0.4) is 0 Å². The molecule has 0 saturated carbocycles. The number of rotatable bonds is 4. The summed E-state index contributed by atoms with van der Waals surface area (Å²) < 4.78 is 2.49.